The number of hydrogen-bond acceptors (Lipinski definition) is 5. The minimum atomic E-state index is -0.0230. The lowest BCUT2D eigenvalue weighted by Crippen LogP contribution is -2.42. The Labute approximate surface area is 142 Å². The van der Waals surface area contributed by atoms with Gasteiger partial charge in [-0.1, -0.05) is 23.5 Å². The highest BCUT2D eigenvalue weighted by Crippen LogP contribution is 2.17. The van der Waals surface area contributed by atoms with Gasteiger partial charge in [0.2, 0.25) is 0 Å². The van der Waals surface area contributed by atoms with Gasteiger partial charge in [0.1, 0.15) is 24.9 Å². The molecular weight excluding hydrogens is 322 g/mol. The summed E-state index contributed by atoms with van der Waals surface area (Å²) in [6.45, 7) is 5.02. The van der Waals surface area contributed by atoms with E-state index in [4.69, 9.17) is 4.42 Å². The first-order valence-electron chi connectivity index (χ1n) is 7.74. The molecule has 0 saturated heterocycles. The summed E-state index contributed by atoms with van der Waals surface area (Å²) in [6, 6.07) is 12.0. The van der Waals surface area contributed by atoms with Crippen LogP contribution in [0.25, 0.3) is 6.08 Å². The van der Waals surface area contributed by atoms with Gasteiger partial charge < -0.3 is 9.32 Å². The van der Waals surface area contributed by atoms with Crippen molar-refractivity contribution >= 4 is 23.1 Å². The highest BCUT2D eigenvalue weighted by Gasteiger charge is 2.16. The molecule has 122 valence electrons. The first-order valence-corrected chi connectivity index (χ1v) is 8.56. The Kier molecular flexibility index (Phi) is 3.61. The van der Waals surface area contributed by atoms with Gasteiger partial charge in [-0.15, -0.1) is 0 Å². The van der Waals surface area contributed by atoms with Gasteiger partial charge in [0.05, 0.1) is 4.53 Å². The number of nitrogens with zero attached hydrogens (tertiary/aromatic N) is 3. The van der Waals surface area contributed by atoms with E-state index >= 15 is 0 Å². The number of hydrogen-bond donors (Lipinski definition) is 0. The van der Waals surface area contributed by atoms with Gasteiger partial charge in [0, 0.05) is 11.8 Å². The molecule has 0 radical (unpaired) electrons. The number of aryl methyl sites for hydroxylation is 2. The lowest BCUT2D eigenvalue weighted by atomic mass is 10.2. The summed E-state index contributed by atoms with van der Waals surface area (Å²) in [6.07, 6.45) is 1.79. The zero-order valence-electron chi connectivity index (χ0n) is 13.5. The van der Waals surface area contributed by atoms with Crippen molar-refractivity contribution in [3.8, 4) is 0 Å². The molecule has 0 aliphatic carbocycles. The molecule has 0 amide bonds. The zero-order chi connectivity index (χ0) is 16.7. The number of fused-ring (bicyclic) bond motifs is 1. The van der Waals surface area contributed by atoms with E-state index in [-0.39, 0.29) is 5.56 Å². The van der Waals surface area contributed by atoms with Crippen molar-refractivity contribution < 1.29 is 4.42 Å². The first-order chi connectivity index (χ1) is 11.6. The fourth-order valence-corrected chi connectivity index (χ4v) is 3.70. The maximum atomic E-state index is 12.7. The van der Waals surface area contributed by atoms with Gasteiger partial charge in [-0.25, -0.2) is 4.99 Å². The Bertz CT molecular complexity index is 1070. The van der Waals surface area contributed by atoms with Crippen LogP contribution in [0, 0.1) is 13.8 Å². The normalized spacial score (nSPS) is 14.6. The smallest absolute Gasteiger partial charge is 0.271 e. The van der Waals surface area contributed by atoms with Crippen LogP contribution in [0.2, 0.25) is 0 Å². The Morgan fingerprint density at radius 3 is 2.88 bits per heavy atom. The fraction of sp³-hybridized carbons (Fsp3) is 0.222. The molecule has 1 aliphatic rings. The van der Waals surface area contributed by atoms with Crippen molar-refractivity contribution in [3.05, 3.63) is 73.2 Å². The molecule has 4 rings (SSSR count). The summed E-state index contributed by atoms with van der Waals surface area (Å²) in [5.74, 6) is 1.53. The van der Waals surface area contributed by atoms with Gasteiger partial charge in [-0.3, -0.25) is 9.36 Å². The molecule has 0 N–H and O–H groups in total. The number of rotatable bonds is 2. The summed E-state index contributed by atoms with van der Waals surface area (Å²) >= 11 is 1.41. The molecule has 0 fully saturated rings. The molecule has 2 aromatic heterocycles. The third-order valence-electron chi connectivity index (χ3n) is 3.98. The maximum absolute atomic E-state index is 12.7. The summed E-state index contributed by atoms with van der Waals surface area (Å²) in [7, 11) is 0. The Morgan fingerprint density at radius 1 is 1.25 bits per heavy atom. The lowest BCUT2D eigenvalue weighted by Gasteiger charge is -2.25. The molecule has 1 aromatic carbocycles. The second kappa shape index (κ2) is 5.79. The third kappa shape index (κ3) is 2.69. The highest BCUT2D eigenvalue weighted by molar-refractivity contribution is 7.07. The second-order valence-corrected chi connectivity index (χ2v) is 6.90. The summed E-state index contributed by atoms with van der Waals surface area (Å²) in [4.78, 5) is 20.1. The average Bonchev–Trinajstić information content (AvgIpc) is 3.11. The first kappa shape index (κ1) is 15.0. The second-order valence-electron chi connectivity index (χ2n) is 5.89. The van der Waals surface area contributed by atoms with Crippen molar-refractivity contribution in [2.24, 2.45) is 4.99 Å². The Hall–Kier alpha value is -2.60. The van der Waals surface area contributed by atoms with E-state index < -0.39 is 0 Å². The van der Waals surface area contributed by atoms with Crippen LogP contribution < -0.4 is 19.8 Å². The van der Waals surface area contributed by atoms with Gasteiger partial charge >= 0.3 is 0 Å². The Morgan fingerprint density at radius 2 is 2.12 bits per heavy atom. The molecule has 24 heavy (non-hydrogen) atoms. The number of aromatic nitrogens is 1. The van der Waals surface area contributed by atoms with Crippen LogP contribution in [0.4, 0.5) is 5.69 Å². The monoisotopic (exact) mass is 339 g/mol. The standard InChI is InChI=1S/C18H17N3O2S/c1-12-4-3-5-14(8-12)20-10-19-18-21(11-20)17(22)16(24-18)9-15-7-6-13(2)23-15/h3-9H,10-11H2,1-2H3. The molecule has 0 atom stereocenters. The van der Waals surface area contributed by atoms with Crippen molar-refractivity contribution in [1.29, 1.82) is 0 Å². The minimum absolute atomic E-state index is 0.0230. The molecule has 6 heteroatoms. The van der Waals surface area contributed by atoms with Gasteiger partial charge in [-0.2, -0.15) is 0 Å². The molecule has 0 bridgehead atoms. The Balaban J connectivity index is 1.73. The molecule has 3 heterocycles. The molecular formula is C18H17N3O2S. The van der Waals surface area contributed by atoms with Crippen LogP contribution in [0.1, 0.15) is 17.1 Å². The van der Waals surface area contributed by atoms with E-state index in [1.54, 1.807) is 10.6 Å². The van der Waals surface area contributed by atoms with Crippen LogP contribution in [-0.4, -0.2) is 11.2 Å². The molecule has 3 aromatic rings. The van der Waals surface area contributed by atoms with Crippen LogP contribution >= 0.6 is 11.3 Å². The van der Waals surface area contributed by atoms with Gasteiger partial charge in [0.25, 0.3) is 5.56 Å². The van der Waals surface area contributed by atoms with Crippen LogP contribution in [0.3, 0.4) is 0 Å². The SMILES string of the molecule is Cc1cccc(N2CN=c3sc(=Cc4ccc(C)o4)c(=O)n3C2)c1. The van der Waals surface area contributed by atoms with E-state index in [9.17, 15) is 4.79 Å². The van der Waals surface area contributed by atoms with E-state index in [1.165, 1.54) is 16.9 Å². The third-order valence-corrected chi connectivity index (χ3v) is 5.02. The summed E-state index contributed by atoms with van der Waals surface area (Å²) in [5, 5.41) is 0. The molecule has 0 spiro atoms. The fourth-order valence-electron chi connectivity index (χ4n) is 2.76. The van der Waals surface area contributed by atoms with Crippen molar-refractivity contribution in [1.82, 2.24) is 4.57 Å². The molecule has 0 unspecified atom stereocenters. The highest BCUT2D eigenvalue weighted by atomic mass is 32.1. The maximum Gasteiger partial charge on any atom is 0.271 e. The van der Waals surface area contributed by atoms with Crippen LogP contribution in [0.5, 0.6) is 0 Å². The zero-order valence-corrected chi connectivity index (χ0v) is 14.3. The van der Waals surface area contributed by atoms with Crippen molar-refractivity contribution in [2.75, 3.05) is 11.6 Å². The number of benzene rings is 1. The van der Waals surface area contributed by atoms with Crippen LogP contribution in [-0.2, 0) is 6.67 Å². The molecule has 5 nitrogen and oxygen atoms in total. The predicted molar refractivity (Wildman–Crippen MR) is 94.9 cm³/mol. The summed E-state index contributed by atoms with van der Waals surface area (Å²) in [5.41, 5.74) is 2.25. The topological polar surface area (TPSA) is 50.7 Å². The number of anilines is 1. The molecule has 1 aliphatic heterocycles. The van der Waals surface area contributed by atoms with E-state index in [2.05, 4.69) is 28.9 Å². The lowest BCUT2D eigenvalue weighted by molar-refractivity contribution is 0.524. The minimum Gasteiger partial charge on any atom is -0.462 e. The number of furan rings is 1. The van der Waals surface area contributed by atoms with E-state index in [0.29, 0.717) is 23.6 Å². The van der Waals surface area contributed by atoms with Gasteiger partial charge in [-0.05, 0) is 43.7 Å². The van der Waals surface area contributed by atoms with Crippen molar-refractivity contribution in [3.63, 3.8) is 0 Å². The summed E-state index contributed by atoms with van der Waals surface area (Å²) < 4.78 is 7.91. The van der Waals surface area contributed by atoms with E-state index in [1.807, 2.05) is 31.2 Å². The molecule has 0 saturated carbocycles. The number of thiazole rings is 1. The van der Waals surface area contributed by atoms with E-state index in [0.717, 1.165) is 16.2 Å². The van der Waals surface area contributed by atoms with Gasteiger partial charge in [0.15, 0.2) is 4.80 Å². The predicted octanol–water partition coefficient (Wildman–Crippen LogP) is 2.00. The largest absolute Gasteiger partial charge is 0.462 e. The quantitative estimate of drug-likeness (QED) is 0.718. The average molecular weight is 339 g/mol. The van der Waals surface area contributed by atoms with Crippen LogP contribution in [0.15, 0.2) is 50.6 Å². The van der Waals surface area contributed by atoms with Crippen molar-refractivity contribution in [2.45, 2.75) is 20.5 Å².